The predicted octanol–water partition coefficient (Wildman–Crippen LogP) is 1.02. The van der Waals surface area contributed by atoms with E-state index in [1.165, 1.54) is 0 Å². The third kappa shape index (κ3) is 3.37. The van der Waals surface area contributed by atoms with E-state index in [0.29, 0.717) is 38.2 Å². The summed E-state index contributed by atoms with van der Waals surface area (Å²) in [7, 11) is 1.74. The van der Waals surface area contributed by atoms with Crippen LogP contribution in [0.4, 0.5) is 0 Å². The van der Waals surface area contributed by atoms with Crippen LogP contribution in [0.3, 0.4) is 0 Å². The molecule has 3 aromatic rings. The van der Waals surface area contributed by atoms with Gasteiger partial charge >= 0.3 is 0 Å². The molecular weight excluding hydrogens is 356 g/mol. The molecule has 0 saturated carbocycles. The molecule has 1 aliphatic rings. The average molecular weight is 380 g/mol. The SMILES string of the molecule is Cc1nc2c(c(=O)n1C)CCN(C(=O)[C@H](Cc1cnc[nH]1)n1cccc1)CC2. The van der Waals surface area contributed by atoms with Crippen molar-refractivity contribution in [2.45, 2.75) is 32.2 Å². The minimum absolute atomic E-state index is 0.00350. The summed E-state index contributed by atoms with van der Waals surface area (Å²) in [6.07, 6.45) is 8.86. The molecule has 1 atom stereocenters. The van der Waals surface area contributed by atoms with Crippen LogP contribution in [0.1, 0.15) is 28.8 Å². The zero-order valence-corrected chi connectivity index (χ0v) is 16.1. The van der Waals surface area contributed by atoms with Crippen LogP contribution in [0.5, 0.6) is 0 Å². The van der Waals surface area contributed by atoms with E-state index in [1.54, 1.807) is 24.1 Å². The summed E-state index contributed by atoms with van der Waals surface area (Å²) in [6, 6.07) is 3.48. The maximum absolute atomic E-state index is 13.4. The fourth-order valence-corrected chi connectivity index (χ4v) is 3.78. The van der Waals surface area contributed by atoms with Crippen molar-refractivity contribution in [3.05, 3.63) is 70.2 Å². The first kappa shape index (κ1) is 18.2. The lowest BCUT2D eigenvalue weighted by Gasteiger charge is -2.27. The molecule has 3 aromatic heterocycles. The molecule has 28 heavy (non-hydrogen) atoms. The van der Waals surface area contributed by atoms with Crippen LogP contribution in [0.15, 0.2) is 41.8 Å². The third-order valence-corrected chi connectivity index (χ3v) is 5.50. The van der Waals surface area contributed by atoms with E-state index in [9.17, 15) is 9.59 Å². The molecule has 4 heterocycles. The summed E-state index contributed by atoms with van der Waals surface area (Å²) >= 11 is 0. The Morgan fingerprint density at radius 2 is 2.00 bits per heavy atom. The molecule has 8 nitrogen and oxygen atoms in total. The number of hydrogen-bond acceptors (Lipinski definition) is 4. The summed E-state index contributed by atoms with van der Waals surface area (Å²) in [5, 5.41) is 0. The van der Waals surface area contributed by atoms with Crippen molar-refractivity contribution in [3.63, 3.8) is 0 Å². The van der Waals surface area contributed by atoms with Crippen LogP contribution in [-0.4, -0.2) is 48.0 Å². The van der Waals surface area contributed by atoms with Crippen molar-refractivity contribution >= 4 is 5.91 Å². The first-order valence-corrected chi connectivity index (χ1v) is 9.48. The molecule has 1 aliphatic heterocycles. The third-order valence-electron chi connectivity index (χ3n) is 5.50. The van der Waals surface area contributed by atoms with Crippen LogP contribution < -0.4 is 5.56 Å². The number of imidazole rings is 1. The predicted molar refractivity (Wildman–Crippen MR) is 104 cm³/mol. The molecule has 0 unspecified atom stereocenters. The summed E-state index contributed by atoms with van der Waals surface area (Å²) in [6.45, 7) is 2.92. The highest BCUT2D eigenvalue weighted by atomic mass is 16.2. The van der Waals surface area contributed by atoms with Crippen molar-refractivity contribution in [1.29, 1.82) is 0 Å². The normalized spacial score (nSPS) is 15.1. The summed E-state index contributed by atoms with van der Waals surface area (Å²) < 4.78 is 3.51. The second-order valence-electron chi connectivity index (χ2n) is 7.20. The number of hydrogen-bond donors (Lipinski definition) is 1. The number of nitrogens with zero attached hydrogens (tertiary/aromatic N) is 5. The molecule has 0 radical (unpaired) electrons. The number of H-pyrrole nitrogens is 1. The van der Waals surface area contributed by atoms with Gasteiger partial charge in [0, 0.05) is 62.8 Å². The van der Waals surface area contributed by atoms with Gasteiger partial charge in [-0.2, -0.15) is 0 Å². The van der Waals surface area contributed by atoms with Crippen molar-refractivity contribution in [2.75, 3.05) is 13.1 Å². The maximum atomic E-state index is 13.4. The molecule has 1 amide bonds. The largest absolute Gasteiger partial charge is 0.348 e. The minimum Gasteiger partial charge on any atom is -0.348 e. The molecule has 146 valence electrons. The molecule has 0 spiro atoms. The fraction of sp³-hybridized carbons (Fsp3) is 0.400. The molecule has 0 aromatic carbocycles. The highest BCUT2D eigenvalue weighted by molar-refractivity contribution is 5.81. The molecule has 0 fully saturated rings. The van der Waals surface area contributed by atoms with E-state index in [0.717, 1.165) is 17.0 Å². The molecular formula is C20H24N6O2. The topological polar surface area (TPSA) is 88.8 Å². The monoisotopic (exact) mass is 380 g/mol. The number of aromatic amines is 1. The summed E-state index contributed by atoms with van der Waals surface area (Å²) in [5.41, 5.74) is 2.46. The van der Waals surface area contributed by atoms with Gasteiger partial charge in [-0.3, -0.25) is 14.2 Å². The Bertz CT molecular complexity index is 1020. The lowest BCUT2D eigenvalue weighted by molar-refractivity contribution is -0.134. The number of fused-ring (bicyclic) bond motifs is 1. The van der Waals surface area contributed by atoms with Crippen molar-refractivity contribution in [1.82, 2.24) is 29.0 Å². The molecule has 0 bridgehead atoms. The van der Waals surface area contributed by atoms with Crippen LogP contribution in [0, 0.1) is 6.92 Å². The number of nitrogens with one attached hydrogen (secondary N) is 1. The van der Waals surface area contributed by atoms with E-state index in [2.05, 4.69) is 15.0 Å². The first-order valence-electron chi connectivity index (χ1n) is 9.48. The average Bonchev–Trinajstić information content (AvgIpc) is 3.36. The van der Waals surface area contributed by atoms with Gasteiger partial charge in [0.2, 0.25) is 5.91 Å². The Morgan fingerprint density at radius 1 is 1.25 bits per heavy atom. The Labute approximate surface area is 162 Å². The van der Waals surface area contributed by atoms with Gasteiger partial charge in [-0.1, -0.05) is 0 Å². The van der Waals surface area contributed by atoms with E-state index >= 15 is 0 Å². The quantitative estimate of drug-likeness (QED) is 0.732. The highest BCUT2D eigenvalue weighted by Gasteiger charge is 2.28. The second-order valence-corrected chi connectivity index (χ2v) is 7.20. The van der Waals surface area contributed by atoms with Gasteiger partial charge < -0.3 is 14.5 Å². The van der Waals surface area contributed by atoms with Crippen LogP contribution >= 0.6 is 0 Å². The Balaban J connectivity index is 1.58. The smallest absolute Gasteiger partial charge is 0.256 e. The number of carbonyl (C=O) groups excluding carboxylic acids is 1. The van der Waals surface area contributed by atoms with E-state index in [-0.39, 0.29) is 17.5 Å². The molecule has 8 heteroatoms. The number of aryl methyl sites for hydroxylation is 1. The Morgan fingerprint density at radius 3 is 2.71 bits per heavy atom. The lowest BCUT2D eigenvalue weighted by Crippen LogP contribution is -2.39. The number of carbonyl (C=O) groups is 1. The van der Waals surface area contributed by atoms with E-state index < -0.39 is 0 Å². The van der Waals surface area contributed by atoms with Gasteiger partial charge in [-0.15, -0.1) is 0 Å². The van der Waals surface area contributed by atoms with Gasteiger partial charge in [0.25, 0.3) is 5.56 Å². The number of rotatable bonds is 4. The van der Waals surface area contributed by atoms with Gasteiger partial charge in [0.1, 0.15) is 11.9 Å². The van der Waals surface area contributed by atoms with Crippen molar-refractivity contribution in [3.8, 4) is 0 Å². The highest BCUT2D eigenvalue weighted by Crippen LogP contribution is 2.19. The van der Waals surface area contributed by atoms with E-state index in [4.69, 9.17) is 0 Å². The van der Waals surface area contributed by atoms with Gasteiger partial charge in [-0.25, -0.2) is 9.97 Å². The minimum atomic E-state index is -0.353. The zero-order valence-electron chi connectivity index (χ0n) is 16.1. The van der Waals surface area contributed by atoms with Crippen LogP contribution in [0.2, 0.25) is 0 Å². The standard InChI is InChI=1S/C20H24N6O2/c1-14-23-17-6-10-26(9-5-16(17)19(27)24(14)2)20(28)18(25-7-3-4-8-25)11-15-12-21-13-22-15/h3-4,7-8,12-13,18H,5-6,9-11H2,1-2H3,(H,21,22)/t18-/m0/s1. The second kappa shape index (κ2) is 7.46. The Kier molecular flexibility index (Phi) is 4.85. The lowest BCUT2D eigenvalue weighted by atomic mass is 10.1. The summed E-state index contributed by atoms with van der Waals surface area (Å²) in [5.74, 6) is 0.750. The fourth-order valence-electron chi connectivity index (χ4n) is 3.78. The van der Waals surface area contributed by atoms with Gasteiger partial charge in [0.05, 0.1) is 12.0 Å². The van der Waals surface area contributed by atoms with Gasteiger partial charge in [0.15, 0.2) is 0 Å². The van der Waals surface area contributed by atoms with Gasteiger partial charge in [-0.05, 0) is 25.5 Å². The number of aromatic nitrogens is 5. The zero-order chi connectivity index (χ0) is 19.7. The van der Waals surface area contributed by atoms with Crippen LogP contribution in [0.25, 0.3) is 0 Å². The first-order chi connectivity index (χ1) is 13.5. The number of amides is 1. The molecule has 4 rings (SSSR count). The molecule has 0 aliphatic carbocycles. The molecule has 0 saturated heterocycles. The van der Waals surface area contributed by atoms with Crippen molar-refractivity contribution in [2.24, 2.45) is 7.05 Å². The van der Waals surface area contributed by atoms with Crippen LogP contribution in [-0.2, 0) is 31.1 Å². The maximum Gasteiger partial charge on any atom is 0.256 e. The Hall–Kier alpha value is -3.16. The molecule has 1 N–H and O–H groups in total. The summed E-state index contributed by atoms with van der Waals surface area (Å²) in [4.78, 5) is 39.6. The van der Waals surface area contributed by atoms with E-state index in [1.807, 2.05) is 40.9 Å². The van der Waals surface area contributed by atoms with Crippen molar-refractivity contribution < 1.29 is 4.79 Å².